The maximum absolute atomic E-state index is 12.5. The minimum Gasteiger partial charge on any atom is -0.496 e. The molecule has 8 nitrogen and oxygen atoms in total. The molecule has 1 aromatic rings. The van der Waals surface area contributed by atoms with Gasteiger partial charge in [0.1, 0.15) is 17.8 Å². The number of ether oxygens (including phenoxy) is 1. The lowest BCUT2D eigenvalue weighted by Gasteiger charge is -2.24. The van der Waals surface area contributed by atoms with E-state index in [-0.39, 0.29) is 25.3 Å². The molecule has 0 radical (unpaired) electrons. The summed E-state index contributed by atoms with van der Waals surface area (Å²) in [5.74, 6) is -0.917. The van der Waals surface area contributed by atoms with Crippen molar-refractivity contribution in [1.82, 2.24) is 10.2 Å². The summed E-state index contributed by atoms with van der Waals surface area (Å²) in [6, 6.07) is 5.36. The first-order valence-corrected chi connectivity index (χ1v) is 8.00. The number of methoxy groups -OCH3 is 1. The third kappa shape index (κ3) is 4.48. The fourth-order valence-corrected chi connectivity index (χ4v) is 2.99. The van der Waals surface area contributed by atoms with Crippen LogP contribution < -0.4 is 15.8 Å². The van der Waals surface area contributed by atoms with Crippen LogP contribution >= 0.6 is 0 Å². The van der Waals surface area contributed by atoms with Crippen LogP contribution in [0.25, 0.3) is 0 Å². The normalized spacial score (nSPS) is 20.8. The van der Waals surface area contributed by atoms with Crippen molar-refractivity contribution in [3.05, 3.63) is 29.8 Å². The molecule has 0 aromatic heterocycles. The lowest BCUT2D eigenvalue weighted by atomic mass is 10.0. The number of β-amino-alcohol motifs (C(OH)–C–C–N with tert-alkyl or cyclic N) is 1. The highest BCUT2D eigenvalue weighted by Gasteiger charge is 2.38. The van der Waals surface area contributed by atoms with Crippen molar-refractivity contribution in [2.24, 2.45) is 5.73 Å². The van der Waals surface area contributed by atoms with E-state index >= 15 is 0 Å². The number of benzene rings is 1. The van der Waals surface area contributed by atoms with Gasteiger partial charge in [0.2, 0.25) is 17.7 Å². The Morgan fingerprint density at radius 3 is 2.68 bits per heavy atom. The van der Waals surface area contributed by atoms with Crippen LogP contribution in [0, 0.1) is 0 Å². The molecule has 3 amide bonds. The van der Waals surface area contributed by atoms with Gasteiger partial charge in [-0.25, -0.2) is 0 Å². The SMILES string of the molecule is COc1ccccc1C[C@H](NC(=O)[C@@H]1C[C@@H](O)CN1C(C)=O)C(N)=O. The van der Waals surface area contributed by atoms with Crippen LogP contribution in [0.3, 0.4) is 0 Å². The molecule has 1 saturated heterocycles. The van der Waals surface area contributed by atoms with Crippen LogP contribution in [0.5, 0.6) is 5.75 Å². The molecule has 4 N–H and O–H groups in total. The quantitative estimate of drug-likeness (QED) is 0.620. The van der Waals surface area contributed by atoms with Gasteiger partial charge in [-0.3, -0.25) is 14.4 Å². The van der Waals surface area contributed by atoms with Crippen LogP contribution in [-0.4, -0.2) is 59.6 Å². The summed E-state index contributed by atoms with van der Waals surface area (Å²) in [5.41, 5.74) is 6.15. The van der Waals surface area contributed by atoms with Gasteiger partial charge < -0.3 is 25.8 Å². The van der Waals surface area contributed by atoms with E-state index in [4.69, 9.17) is 10.5 Å². The van der Waals surface area contributed by atoms with Gasteiger partial charge >= 0.3 is 0 Å². The summed E-state index contributed by atoms with van der Waals surface area (Å²) < 4.78 is 5.24. The Morgan fingerprint density at radius 1 is 1.40 bits per heavy atom. The van der Waals surface area contributed by atoms with E-state index in [1.165, 1.54) is 18.9 Å². The largest absolute Gasteiger partial charge is 0.496 e. The van der Waals surface area contributed by atoms with Gasteiger partial charge in [0.15, 0.2) is 0 Å². The lowest BCUT2D eigenvalue weighted by molar-refractivity contribution is -0.138. The van der Waals surface area contributed by atoms with E-state index < -0.39 is 30.0 Å². The summed E-state index contributed by atoms with van der Waals surface area (Å²) in [5, 5.41) is 12.3. The number of likely N-dealkylation sites (tertiary alicyclic amines) is 1. The van der Waals surface area contributed by atoms with Crippen LogP contribution in [-0.2, 0) is 20.8 Å². The first-order chi connectivity index (χ1) is 11.8. The number of hydrogen-bond acceptors (Lipinski definition) is 5. The molecular weight excluding hydrogens is 326 g/mol. The molecule has 1 heterocycles. The van der Waals surface area contributed by atoms with Gasteiger partial charge in [0.25, 0.3) is 0 Å². The van der Waals surface area contributed by atoms with Crippen molar-refractivity contribution in [3.63, 3.8) is 0 Å². The summed E-state index contributed by atoms with van der Waals surface area (Å²) in [4.78, 5) is 37.2. The Kier molecular flexibility index (Phi) is 5.97. The molecule has 0 aliphatic carbocycles. The number of para-hydroxylation sites is 1. The number of amides is 3. The number of nitrogens with zero attached hydrogens (tertiary/aromatic N) is 1. The van der Waals surface area contributed by atoms with Crippen molar-refractivity contribution in [3.8, 4) is 5.75 Å². The molecular formula is C17H23N3O5. The van der Waals surface area contributed by atoms with E-state index in [0.717, 1.165) is 5.56 Å². The minimum absolute atomic E-state index is 0.0984. The number of rotatable bonds is 6. The Balaban J connectivity index is 2.12. The minimum atomic E-state index is -0.949. The van der Waals surface area contributed by atoms with E-state index in [1.807, 2.05) is 0 Å². The Morgan fingerprint density at radius 2 is 2.08 bits per heavy atom. The first-order valence-electron chi connectivity index (χ1n) is 8.00. The summed E-state index contributed by atoms with van der Waals surface area (Å²) in [6.45, 7) is 1.43. The molecule has 0 unspecified atom stereocenters. The number of aliphatic hydroxyl groups excluding tert-OH is 1. The summed E-state index contributed by atoms with van der Waals surface area (Å²) in [7, 11) is 1.52. The molecule has 2 rings (SSSR count). The third-order valence-electron chi connectivity index (χ3n) is 4.26. The van der Waals surface area contributed by atoms with E-state index in [9.17, 15) is 19.5 Å². The Hall–Kier alpha value is -2.61. The molecule has 0 spiro atoms. The van der Waals surface area contributed by atoms with E-state index in [1.54, 1.807) is 24.3 Å². The first kappa shape index (κ1) is 18.7. The van der Waals surface area contributed by atoms with Gasteiger partial charge in [0.05, 0.1) is 13.2 Å². The molecule has 0 saturated carbocycles. The van der Waals surface area contributed by atoms with Gasteiger partial charge in [0, 0.05) is 26.3 Å². The van der Waals surface area contributed by atoms with Crippen molar-refractivity contribution >= 4 is 17.7 Å². The standard InChI is InChI=1S/C17H23N3O5/c1-10(21)20-9-12(22)8-14(20)17(24)19-13(16(18)23)7-11-5-3-4-6-15(11)25-2/h3-6,12-14,22H,7-9H2,1-2H3,(H2,18,23)(H,19,24)/t12-,13+,14+/m1/s1. The second kappa shape index (κ2) is 7.98. The summed E-state index contributed by atoms with van der Waals surface area (Å²) in [6.07, 6.45) is -0.465. The average molecular weight is 349 g/mol. The van der Waals surface area contributed by atoms with Crippen LogP contribution in [0.2, 0.25) is 0 Å². The van der Waals surface area contributed by atoms with Crippen molar-refractivity contribution in [2.45, 2.75) is 38.0 Å². The van der Waals surface area contributed by atoms with Gasteiger partial charge in [-0.05, 0) is 11.6 Å². The molecule has 136 valence electrons. The highest BCUT2D eigenvalue weighted by atomic mass is 16.5. The number of nitrogens with two attached hydrogens (primary N) is 1. The number of aliphatic hydroxyl groups is 1. The van der Waals surface area contributed by atoms with E-state index in [2.05, 4.69) is 5.32 Å². The highest BCUT2D eigenvalue weighted by Crippen LogP contribution is 2.21. The van der Waals surface area contributed by atoms with E-state index in [0.29, 0.717) is 5.75 Å². The van der Waals surface area contributed by atoms with Crippen LogP contribution in [0.1, 0.15) is 18.9 Å². The zero-order valence-corrected chi connectivity index (χ0v) is 14.3. The average Bonchev–Trinajstić information content (AvgIpc) is 2.97. The highest BCUT2D eigenvalue weighted by molar-refractivity contribution is 5.91. The molecule has 1 aromatic carbocycles. The maximum atomic E-state index is 12.5. The van der Waals surface area contributed by atoms with Crippen LogP contribution in [0.15, 0.2) is 24.3 Å². The predicted molar refractivity (Wildman–Crippen MR) is 89.6 cm³/mol. The second-order valence-electron chi connectivity index (χ2n) is 6.06. The molecule has 8 heteroatoms. The number of carbonyl (C=O) groups excluding carboxylic acids is 3. The molecule has 1 aliphatic heterocycles. The van der Waals surface area contributed by atoms with Gasteiger partial charge in [-0.2, -0.15) is 0 Å². The molecule has 1 aliphatic rings. The third-order valence-corrected chi connectivity index (χ3v) is 4.26. The molecule has 1 fully saturated rings. The number of nitrogens with one attached hydrogen (secondary N) is 1. The molecule has 3 atom stereocenters. The van der Waals surface area contributed by atoms with Crippen molar-refractivity contribution in [1.29, 1.82) is 0 Å². The van der Waals surface area contributed by atoms with Crippen LogP contribution in [0.4, 0.5) is 0 Å². The molecule has 0 bridgehead atoms. The fraction of sp³-hybridized carbons (Fsp3) is 0.471. The molecule has 25 heavy (non-hydrogen) atoms. The van der Waals surface area contributed by atoms with Gasteiger partial charge in [-0.1, -0.05) is 18.2 Å². The van der Waals surface area contributed by atoms with Crippen molar-refractivity contribution < 1.29 is 24.2 Å². The second-order valence-corrected chi connectivity index (χ2v) is 6.06. The monoisotopic (exact) mass is 349 g/mol. The zero-order valence-electron chi connectivity index (χ0n) is 14.3. The fourth-order valence-electron chi connectivity index (χ4n) is 2.99. The smallest absolute Gasteiger partial charge is 0.243 e. The van der Waals surface area contributed by atoms with Crippen molar-refractivity contribution in [2.75, 3.05) is 13.7 Å². The number of primary amides is 1. The number of hydrogen-bond donors (Lipinski definition) is 3. The Labute approximate surface area is 145 Å². The maximum Gasteiger partial charge on any atom is 0.243 e. The number of carbonyl (C=O) groups is 3. The summed E-state index contributed by atoms with van der Waals surface area (Å²) >= 11 is 0. The van der Waals surface area contributed by atoms with Gasteiger partial charge in [-0.15, -0.1) is 0 Å². The topological polar surface area (TPSA) is 122 Å². The lowest BCUT2D eigenvalue weighted by Crippen LogP contribution is -2.52. The predicted octanol–water partition coefficient (Wildman–Crippen LogP) is -0.810. The zero-order chi connectivity index (χ0) is 18.6. The Bertz CT molecular complexity index is 663.